The number of hydrogen-bond donors (Lipinski definition) is 2. The predicted octanol–water partition coefficient (Wildman–Crippen LogP) is 10.7. The molecule has 6 aromatic heterocycles. The second kappa shape index (κ2) is 34.1. The smallest absolute Gasteiger partial charge is 0.351 e. The van der Waals surface area contributed by atoms with Crippen LogP contribution in [0.4, 0.5) is 0 Å². The topological polar surface area (TPSA) is 252 Å². The van der Waals surface area contributed by atoms with E-state index in [0.29, 0.717) is 56.0 Å². The first-order valence-corrected chi connectivity index (χ1v) is 26.2. The molecule has 0 aliphatic rings. The van der Waals surface area contributed by atoms with E-state index in [0.717, 1.165) is 42.7 Å². The minimum atomic E-state index is -0.516. The summed E-state index contributed by atoms with van der Waals surface area (Å²) in [6, 6.07) is 9.55. The fraction of sp³-hybridized carbons (Fsp3) is 0.255. The van der Waals surface area contributed by atoms with Crippen molar-refractivity contribution < 1.29 is 91.1 Å². The molecule has 0 unspecified atom stereocenters. The number of halogens is 2. The molecule has 398 valence electrons. The number of rotatable bonds is 11. The van der Waals surface area contributed by atoms with Crippen molar-refractivity contribution in [2.24, 2.45) is 0 Å². The molecule has 0 saturated carbocycles. The molecule has 0 atom stereocenters. The zero-order valence-corrected chi connectivity index (χ0v) is 49.2. The van der Waals surface area contributed by atoms with Gasteiger partial charge in [-0.05, 0) is 57.2 Å². The minimum Gasteiger partial charge on any atom is -0.506 e. The van der Waals surface area contributed by atoms with Gasteiger partial charge in [0.15, 0.2) is 35.0 Å². The predicted molar refractivity (Wildman–Crippen MR) is 289 cm³/mol. The van der Waals surface area contributed by atoms with Crippen molar-refractivity contribution in [2.75, 3.05) is 71.1 Å². The van der Waals surface area contributed by atoms with E-state index >= 15 is 0 Å². The van der Waals surface area contributed by atoms with Gasteiger partial charge in [-0.2, -0.15) is 0 Å². The normalized spacial score (nSPS) is 9.31. The van der Waals surface area contributed by atoms with Gasteiger partial charge in [-0.3, -0.25) is 4.79 Å². The molecular formula is C47H46Br2O19S6. The average Bonchev–Trinajstić information content (AvgIpc) is 4.29. The lowest BCUT2D eigenvalue weighted by Crippen LogP contribution is -1.99. The Morgan fingerprint density at radius 1 is 0.486 bits per heavy atom. The number of carbonyl (C=O) groups is 7. The molecule has 74 heavy (non-hydrogen) atoms. The quantitative estimate of drug-likeness (QED) is 0.0529. The highest BCUT2D eigenvalue weighted by Gasteiger charge is 2.21. The van der Waals surface area contributed by atoms with Crippen molar-refractivity contribution in [3.63, 3.8) is 0 Å². The van der Waals surface area contributed by atoms with Gasteiger partial charge < -0.3 is 57.6 Å². The van der Waals surface area contributed by atoms with Crippen LogP contribution in [0.3, 0.4) is 0 Å². The molecule has 0 aliphatic heterocycles. The van der Waals surface area contributed by atoms with Crippen molar-refractivity contribution in [3.05, 3.63) is 93.2 Å². The standard InChI is InChI=1S/C10H10O3S.C9H10O4S.C9H8O3S.C7H7BrO3S.C6H5BrO3S.C6H6O3S/c1-4-5-7-6-8(12-2)9(14-7)10(11)13-3;1-5(10)7-4-6(12-2)8(14-7)9(11)13-3;1-4-6-5-7(11-2)8(13-6)9(10)12-3;1-10-4-3-5(8)12-6(4)7(9)11-2;1-10-6(9)5-3(8)2-4(7)11-5;1-9-6(8)5-4(7)2-3-10-5/h6H,1-3H3;4H,1-3H3;1,5H,2-3H3;3H,1-2H3;2,8H,1H3;2-3,7H,1H3. The van der Waals surface area contributed by atoms with Crippen LogP contribution in [0.15, 0.2) is 49.4 Å². The van der Waals surface area contributed by atoms with Gasteiger partial charge in [0, 0.05) is 30.3 Å². The second-order valence-electron chi connectivity index (χ2n) is 12.4. The van der Waals surface area contributed by atoms with Gasteiger partial charge in [0.2, 0.25) is 0 Å². The van der Waals surface area contributed by atoms with Crippen molar-refractivity contribution >= 4 is 141 Å². The highest BCUT2D eigenvalue weighted by molar-refractivity contribution is 9.11. The van der Waals surface area contributed by atoms with E-state index in [1.54, 1.807) is 36.6 Å². The molecule has 0 saturated heterocycles. The number of methoxy groups -OCH3 is 10. The van der Waals surface area contributed by atoms with E-state index in [2.05, 4.69) is 78.0 Å². The fourth-order valence-electron chi connectivity index (χ4n) is 4.58. The summed E-state index contributed by atoms with van der Waals surface area (Å²) in [4.78, 5) is 81.4. The summed E-state index contributed by atoms with van der Waals surface area (Å²) in [6.07, 6.45) is 5.18. The van der Waals surface area contributed by atoms with Crippen LogP contribution in [0.2, 0.25) is 0 Å². The van der Waals surface area contributed by atoms with E-state index in [1.807, 2.05) is 0 Å². The first-order valence-electron chi connectivity index (χ1n) is 19.7. The van der Waals surface area contributed by atoms with E-state index in [4.69, 9.17) is 35.6 Å². The third-order valence-electron chi connectivity index (χ3n) is 7.93. The van der Waals surface area contributed by atoms with Crippen LogP contribution in [0.1, 0.15) is 91.3 Å². The van der Waals surface area contributed by atoms with Crippen molar-refractivity contribution in [1.82, 2.24) is 0 Å². The van der Waals surface area contributed by atoms with Crippen LogP contribution in [-0.4, -0.2) is 123 Å². The number of carbonyl (C=O) groups excluding carboxylic acids is 7. The molecule has 2 N–H and O–H groups in total. The monoisotopic (exact) mass is 1260 g/mol. The van der Waals surface area contributed by atoms with Crippen LogP contribution < -0.4 is 18.9 Å². The number of Topliss-reactive ketones (excluding diaryl/α,β-unsaturated/α-hetero) is 1. The van der Waals surface area contributed by atoms with E-state index < -0.39 is 29.8 Å². The molecule has 6 aromatic rings. The van der Waals surface area contributed by atoms with E-state index in [9.17, 15) is 33.6 Å². The third-order valence-corrected chi connectivity index (χ3v) is 15.3. The Morgan fingerprint density at radius 3 is 1.23 bits per heavy atom. The first kappa shape index (κ1) is 65.6. The lowest BCUT2D eigenvalue weighted by molar-refractivity contribution is 0.0593. The highest BCUT2D eigenvalue weighted by atomic mass is 79.9. The number of aromatic hydroxyl groups is 2. The van der Waals surface area contributed by atoms with Gasteiger partial charge in [-0.1, -0.05) is 11.8 Å². The molecular weight excluding hydrogens is 1220 g/mol. The van der Waals surface area contributed by atoms with Crippen LogP contribution in [0.25, 0.3) is 0 Å². The molecule has 6 rings (SSSR count). The Labute approximate surface area is 466 Å². The summed E-state index contributed by atoms with van der Waals surface area (Å²) in [6.45, 7) is 3.18. The Balaban J connectivity index is 0.000000446. The molecule has 0 radical (unpaired) electrons. The highest BCUT2D eigenvalue weighted by Crippen LogP contribution is 2.35. The summed E-state index contributed by atoms with van der Waals surface area (Å²) in [5.74, 6) is 7.10. The molecule has 0 amide bonds. The zero-order chi connectivity index (χ0) is 56.2. The van der Waals surface area contributed by atoms with Gasteiger partial charge in [0.25, 0.3) is 0 Å². The van der Waals surface area contributed by atoms with Crippen LogP contribution in [0, 0.1) is 24.2 Å². The number of hydrogen-bond acceptors (Lipinski definition) is 25. The molecule has 0 bridgehead atoms. The molecule has 19 nitrogen and oxygen atoms in total. The molecule has 27 heteroatoms. The summed E-state index contributed by atoms with van der Waals surface area (Å²) >= 11 is 13.5. The summed E-state index contributed by atoms with van der Waals surface area (Å²) < 4.78 is 48.6. The first-order chi connectivity index (χ1) is 35.1. The van der Waals surface area contributed by atoms with Gasteiger partial charge in [0.05, 0.1) is 93.3 Å². The molecule has 0 fully saturated rings. The molecule has 0 spiro atoms. The van der Waals surface area contributed by atoms with Gasteiger partial charge in [0.1, 0.15) is 34.5 Å². The summed E-state index contributed by atoms with van der Waals surface area (Å²) in [5.41, 5.74) is 0. The van der Waals surface area contributed by atoms with E-state index in [-0.39, 0.29) is 33.0 Å². The maximum Gasteiger partial charge on any atom is 0.351 e. The van der Waals surface area contributed by atoms with Crippen molar-refractivity contribution in [2.45, 2.75) is 13.8 Å². The van der Waals surface area contributed by atoms with Crippen LogP contribution in [-0.2, 0) is 28.4 Å². The third kappa shape index (κ3) is 20.1. The number of thiophene rings is 6. The Kier molecular flexibility index (Phi) is 30.3. The van der Waals surface area contributed by atoms with Gasteiger partial charge >= 0.3 is 35.8 Å². The molecule has 0 aliphatic carbocycles. The Bertz CT molecular complexity index is 2950. The fourth-order valence-corrected chi connectivity index (χ4v) is 10.9. The van der Waals surface area contributed by atoms with Crippen LogP contribution in [0.5, 0.6) is 34.5 Å². The van der Waals surface area contributed by atoms with Crippen molar-refractivity contribution in [1.29, 1.82) is 0 Å². The number of esters is 6. The van der Waals surface area contributed by atoms with E-state index in [1.165, 1.54) is 124 Å². The Morgan fingerprint density at radius 2 is 0.851 bits per heavy atom. The minimum absolute atomic E-state index is 0.0168. The summed E-state index contributed by atoms with van der Waals surface area (Å²) in [5, 5.41) is 19.7. The lowest BCUT2D eigenvalue weighted by atomic mass is 10.3. The largest absolute Gasteiger partial charge is 0.506 e. The second-order valence-corrected chi connectivity index (χ2v) is 21.3. The number of ketones is 1. The molecule has 0 aromatic carbocycles. The Hall–Kier alpha value is -6.43. The SMILES string of the molecule is C#Cc1cc(OC)c(C(=O)OC)s1.CC#Cc1cc(OC)c(C(=O)OC)s1.COC(=O)c1sc(Br)cc1O.COC(=O)c1sc(Br)cc1OC.COC(=O)c1sc(C(C)=O)cc1OC.COC(=O)c1sccc1O. The van der Waals surface area contributed by atoms with Crippen molar-refractivity contribution in [3.8, 4) is 58.7 Å². The number of terminal acetylenes is 1. The maximum absolute atomic E-state index is 11.3. The zero-order valence-electron chi connectivity index (χ0n) is 41.2. The molecule has 6 heterocycles. The maximum atomic E-state index is 11.3. The average molecular weight is 1270 g/mol. The summed E-state index contributed by atoms with van der Waals surface area (Å²) in [7, 11) is 13.8. The lowest BCUT2D eigenvalue weighted by Gasteiger charge is -1.98. The van der Waals surface area contributed by atoms with Gasteiger partial charge in [-0.15, -0.1) is 80.4 Å². The number of ether oxygens (including phenoxy) is 10. The van der Waals surface area contributed by atoms with Crippen LogP contribution >= 0.6 is 99.9 Å². The van der Waals surface area contributed by atoms with Gasteiger partial charge in [-0.25, -0.2) is 28.8 Å².